The van der Waals surface area contributed by atoms with Crippen molar-refractivity contribution in [3.8, 4) is 11.1 Å². The highest BCUT2D eigenvalue weighted by Gasteiger charge is 2.43. The number of benzene rings is 2. The van der Waals surface area contributed by atoms with Crippen molar-refractivity contribution in [3.63, 3.8) is 0 Å². The molecule has 0 aliphatic heterocycles. The molecule has 0 unspecified atom stereocenters. The van der Waals surface area contributed by atoms with Gasteiger partial charge < -0.3 is 0 Å². The van der Waals surface area contributed by atoms with Gasteiger partial charge in [-0.25, -0.2) is 0 Å². The quantitative estimate of drug-likeness (QED) is 0.724. The number of rotatable bonds is 2. The van der Waals surface area contributed by atoms with Crippen LogP contribution >= 0.6 is 0 Å². The van der Waals surface area contributed by atoms with Crippen molar-refractivity contribution in [3.05, 3.63) is 69.6 Å². The van der Waals surface area contributed by atoms with Crippen LogP contribution in [0, 0.1) is 25.2 Å². The minimum absolute atomic E-state index is 0.509. The molecule has 2 aromatic rings. The second-order valence-corrected chi connectivity index (χ2v) is 8.63. The van der Waals surface area contributed by atoms with Gasteiger partial charge in [-0.1, -0.05) is 53.6 Å². The van der Waals surface area contributed by atoms with E-state index < -0.39 is 0 Å². The zero-order chi connectivity index (χ0) is 17.0. The highest BCUT2D eigenvalue weighted by Crippen LogP contribution is 2.55. The summed E-state index contributed by atoms with van der Waals surface area (Å²) in [4.78, 5) is 0. The number of aryl methyl sites for hydroxylation is 2. The van der Waals surface area contributed by atoms with E-state index in [0.717, 1.165) is 5.92 Å². The Morgan fingerprint density at radius 2 is 1.72 bits per heavy atom. The second-order valence-electron chi connectivity index (χ2n) is 8.63. The molecule has 0 aromatic heterocycles. The maximum Gasteiger partial charge on any atom is -0.00994 e. The van der Waals surface area contributed by atoms with Gasteiger partial charge in [-0.05, 0) is 96.6 Å². The van der Waals surface area contributed by atoms with Crippen LogP contribution in [-0.2, 0) is 0 Å². The van der Waals surface area contributed by atoms with E-state index in [2.05, 4.69) is 68.5 Å². The molecular formula is C25H26. The van der Waals surface area contributed by atoms with Crippen molar-refractivity contribution in [2.45, 2.75) is 46.0 Å². The molecule has 2 saturated carbocycles. The van der Waals surface area contributed by atoms with Gasteiger partial charge in [-0.3, -0.25) is 0 Å². The van der Waals surface area contributed by atoms with Crippen molar-refractivity contribution < 1.29 is 0 Å². The molecule has 2 fully saturated rings. The SMILES string of the molecule is Cc1cc(C)cc(-c2cccc3c2=CC(=CC24CCC(CC2)C4)C=3)c1. The zero-order valence-electron chi connectivity index (χ0n) is 15.3. The molecule has 0 atom stereocenters. The predicted octanol–water partition coefficient (Wildman–Crippen LogP) is 5.05. The molecule has 3 aliphatic rings. The lowest BCUT2D eigenvalue weighted by atomic mass is 9.82. The molecule has 0 spiro atoms. The zero-order valence-corrected chi connectivity index (χ0v) is 15.3. The maximum atomic E-state index is 2.62. The lowest BCUT2D eigenvalue weighted by molar-refractivity contribution is 0.383. The Bertz CT molecular complexity index is 975. The Morgan fingerprint density at radius 1 is 0.960 bits per heavy atom. The average molecular weight is 326 g/mol. The van der Waals surface area contributed by atoms with E-state index in [1.54, 1.807) is 0 Å². The summed E-state index contributed by atoms with van der Waals surface area (Å²) in [6, 6.07) is 13.6. The number of hydrogen-bond acceptors (Lipinski definition) is 0. The summed E-state index contributed by atoms with van der Waals surface area (Å²) in [5.41, 5.74) is 7.35. The minimum Gasteiger partial charge on any atom is -0.0710 e. The van der Waals surface area contributed by atoms with Crippen LogP contribution in [0.3, 0.4) is 0 Å². The lowest BCUT2D eigenvalue weighted by Crippen LogP contribution is -2.23. The third-order valence-electron chi connectivity index (χ3n) is 6.57. The van der Waals surface area contributed by atoms with Crippen LogP contribution in [-0.4, -0.2) is 0 Å². The van der Waals surface area contributed by atoms with Crippen LogP contribution < -0.4 is 10.4 Å². The summed E-state index contributed by atoms with van der Waals surface area (Å²) in [7, 11) is 0. The first-order chi connectivity index (χ1) is 12.1. The number of allylic oxidation sites excluding steroid dienone is 2. The molecule has 25 heavy (non-hydrogen) atoms. The summed E-state index contributed by atoms with van der Waals surface area (Å²) < 4.78 is 0. The first kappa shape index (κ1) is 15.2. The molecule has 0 heterocycles. The van der Waals surface area contributed by atoms with Crippen molar-refractivity contribution >= 4 is 12.2 Å². The Kier molecular flexibility index (Phi) is 3.32. The molecule has 0 heteroatoms. The van der Waals surface area contributed by atoms with Gasteiger partial charge in [0.05, 0.1) is 0 Å². The van der Waals surface area contributed by atoms with E-state index in [1.165, 1.54) is 70.4 Å². The summed E-state index contributed by atoms with van der Waals surface area (Å²) in [5, 5.41) is 2.79. The largest absolute Gasteiger partial charge is 0.0710 e. The monoisotopic (exact) mass is 326 g/mol. The second kappa shape index (κ2) is 5.46. The van der Waals surface area contributed by atoms with Crippen LogP contribution in [0.1, 0.15) is 43.2 Å². The number of hydrogen-bond donors (Lipinski definition) is 0. The summed E-state index contributed by atoms with van der Waals surface area (Å²) in [6.07, 6.45) is 14.6. The fourth-order valence-electron chi connectivity index (χ4n) is 5.52. The van der Waals surface area contributed by atoms with Crippen LogP contribution in [0.2, 0.25) is 0 Å². The van der Waals surface area contributed by atoms with Crippen LogP contribution in [0.15, 0.2) is 48.0 Å². The Hall–Kier alpha value is -2.08. The Balaban J connectivity index is 1.62. The van der Waals surface area contributed by atoms with Gasteiger partial charge in [0.15, 0.2) is 0 Å². The van der Waals surface area contributed by atoms with Gasteiger partial charge in [0.2, 0.25) is 0 Å². The Morgan fingerprint density at radius 3 is 2.40 bits per heavy atom. The number of fused-ring (bicyclic) bond motifs is 3. The molecule has 0 N–H and O–H groups in total. The molecule has 5 rings (SSSR count). The van der Waals surface area contributed by atoms with Gasteiger partial charge in [0.1, 0.15) is 0 Å². The normalized spacial score (nSPS) is 28.1. The molecule has 0 amide bonds. The van der Waals surface area contributed by atoms with Crippen LogP contribution in [0.4, 0.5) is 0 Å². The molecule has 0 saturated heterocycles. The molecule has 2 bridgehead atoms. The van der Waals surface area contributed by atoms with Gasteiger partial charge in [-0.15, -0.1) is 0 Å². The summed E-state index contributed by atoms with van der Waals surface area (Å²) in [5.74, 6) is 1.01. The molecule has 126 valence electrons. The third-order valence-corrected chi connectivity index (χ3v) is 6.57. The van der Waals surface area contributed by atoms with E-state index in [4.69, 9.17) is 0 Å². The fraction of sp³-hybridized carbons (Fsp3) is 0.360. The van der Waals surface area contributed by atoms with Gasteiger partial charge in [0, 0.05) is 0 Å². The van der Waals surface area contributed by atoms with E-state index >= 15 is 0 Å². The molecule has 2 aromatic carbocycles. The first-order valence-corrected chi connectivity index (χ1v) is 9.74. The van der Waals surface area contributed by atoms with E-state index in [-0.39, 0.29) is 0 Å². The van der Waals surface area contributed by atoms with Gasteiger partial charge in [0.25, 0.3) is 0 Å². The summed E-state index contributed by atoms with van der Waals surface area (Å²) in [6.45, 7) is 4.38. The smallest absolute Gasteiger partial charge is 0.00994 e. The average Bonchev–Trinajstić information content (AvgIpc) is 3.26. The highest BCUT2D eigenvalue weighted by molar-refractivity contribution is 5.78. The highest BCUT2D eigenvalue weighted by atomic mass is 14.5. The minimum atomic E-state index is 0.509. The topological polar surface area (TPSA) is 0 Å². The van der Waals surface area contributed by atoms with Gasteiger partial charge in [-0.2, -0.15) is 0 Å². The van der Waals surface area contributed by atoms with Crippen molar-refractivity contribution in [1.82, 2.24) is 0 Å². The predicted molar refractivity (Wildman–Crippen MR) is 107 cm³/mol. The molecule has 3 aliphatic carbocycles. The van der Waals surface area contributed by atoms with E-state index in [9.17, 15) is 0 Å². The first-order valence-electron chi connectivity index (χ1n) is 9.74. The van der Waals surface area contributed by atoms with Gasteiger partial charge >= 0.3 is 0 Å². The van der Waals surface area contributed by atoms with E-state index in [1.807, 2.05) is 0 Å². The molecule has 0 nitrogen and oxygen atoms in total. The summed E-state index contributed by atoms with van der Waals surface area (Å²) >= 11 is 0. The van der Waals surface area contributed by atoms with Crippen LogP contribution in [0.25, 0.3) is 23.3 Å². The van der Waals surface area contributed by atoms with Crippen molar-refractivity contribution in [2.24, 2.45) is 11.3 Å². The van der Waals surface area contributed by atoms with Crippen molar-refractivity contribution in [1.29, 1.82) is 0 Å². The Labute approximate surface area is 150 Å². The van der Waals surface area contributed by atoms with Crippen molar-refractivity contribution in [2.75, 3.05) is 0 Å². The lowest BCUT2D eigenvalue weighted by Gasteiger charge is -2.22. The van der Waals surface area contributed by atoms with E-state index in [0.29, 0.717) is 5.41 Å². The fourth-order valence-corrected chi connectivity index (χ4v) is 5.52. The molecular weight excluding hydrogens is 300 g/mol. The molecule has 0 radical (unpaired) electrons. The maximum absolute atomic E-state index is 2.62. The van der Waals surface area contributed by atoms with Crippen LogP contribution in [0.5, 0.6) is 0 Å². The standard InChI is InChI=1S/C25H26/c1-17-10-18(2)12-22(11-17)23-5-3-4-21-13-20(14-24(21)23)16-25-8-6-19(15-25)7-9-25/h3-5,10-14,16,19H,6-9,15H2,1-2H3. The third kappa shape index (κ3) is 2.59.